The topological polar surface area (TPSA) is 37.3 Å². The van der Waals surface area contributed by atoms with E-state index in [0.29, 0.717) is 11.5 Å². The van der Waals surface area contributed by atoms with E-state index in [1.54, 1.807) is 6.08 Å². The highest BCUT2D eigenvalue weighted by atomic mass is 35.5. The molecule has 0 spiro atoms. The lowest BCUT2D eigenvalue weighted by atomic mass is 9.96. The van der Waals surface area contributed by atoms with Gasteiger partial charge in [-0.2, -0.15) is 0 Å². The summed E-state index contributed by atoms with van der Waals surface area (Å²) in [7, 11) is 0. The Morgan fingerprint density at radius 2 is 2.50 bits per heavy atom. The Morgan fingerprint density at radius 3 is 2.90 bits per heavy atom. The van der Waals surface area contributed by atoms with E-state index in [0.717, 1.165) is 12.8 Å². The number of aliphatic carboxylic acids is 1. The molecule has 1 atom stereocenters. The van der Waals surface area contributed by atoms with Crippen LogP contribution < -0.4 is 0 Å². The first-order valence-electron chi connectivity index (χ1n) is 3.30. The highest BCUT2D eigenvalue weighted by Gasteiger charge is 2.22. The predicted octanol–water partition coefficient (Wildman–Crippen LogP) is 1.99. The summed E-state index contributed by atoms with van der Waals surface area (Å²) in [5, 5.41) is 9.08. The molecule has 0 aromatic carbocycles. The zero-order valence-corrected chi connectivity index (χ0v) is 6.27. The van der Waals surface area contributed by atoms with Gasteiger partial charge in [-0.3, -0.25) is 4.79 Å². The van der Waals surface area contributed by atoms with Crippen molar-refractivity contribution < 1.29 is 9.90 Å². The van der Waals surface area contributed by atoms with E-state index in [1.807, 2.05) is 0 Å². The average Bonchev–Trinajstić information content (AvgIpc) is 1.88. The lowest BCUT2D eigenvalue weighted by molar-refractivity contribution is -0.140. The fraction of sp³-hybridized carbons (Fsp3) is 0.571. The SMILES string of the molecule is O=C(O)C1CCCC=C1Cl. The molecule has 1 N–H and O–H groups in total. The fourth-order valence-electron chi connectivity index (χ4n) is 1.08. The van der Waals surface area contributed by atoms with Crippen molar-refractivity contribution in [1.29, 1.82) is 0 Å². The summed E-state index contributed by atoms with van der Waals surface area (Å²) in [6.45, 7) is 0. The number of hydrogen-bond donors (Lipinski definition) is 1. The third kappa shape index (κ3) is 1.51. The summed E-state index contributed by atoms with van der Waals surface area (Å²) in [4.78, 5) is 10.4. The van der Waals surface area contributed by atoms with Crippen molar-refractivity contribution in [2.24, 2.45) is 5.92 Å². The van der Waals surface area contributed by atoms with E-state index in [4.69, 9.17) is 16.7 Å². The maximum Gasteiger partial charge on any atom is 0.311 e. The minimum absolute atomic E-state index is 0.435. The second-order valence-electron chi connectivity index (χ2n) is 2.41. The van der Waals surface area contributed by atoms with Crippen molar-refractivity contribution in [3.8, 4) is 0 Å². The number of halogens is 1. The molecule has 0 aliphatic heterocycles. The van der Waals surface area contributed by atoms with Crippen molar-refractivity contribution in [2.75, 3.05) is 0 Å². The first-order chi connectivity index (χ1) is 4.72. The standard InChI is InChI=1S/C7H9ClO2/c8-6-4-2-1-3-5(6)7(9)10/h4-5H,1-3H2,(H,9,10). The van der Waals surface area contributed by atoms with Gasteiger partial charge >= 0.3 is 5.97 Å². The number of hydrogen-bond acceptors (Lipinski definition) is 1. The molecule has 1 rings (SSSR count). The zero-order valence-electron chi connectivity index (χ0n) is 5.51. The highest BCUT2D eigenvalue weighted by Crippen LogP contribution is 2.27. The van der Waals surface area contributed by atoms with Crippen LogP contribution in [0.2, 0.25) is 0 Å². The Morgan fingerprint density at radius 1 is 1.80 bits per heavy atom. The van der Waals surface area contributed by atoms with Gasteiger partial charge in [0.1, 0.15) is 0 Å². The minimum Gasteiger partial charge on any atom is -0.481 e. The van der Waals surface area contributed by atoms with Crippen molar-refractivity contribution in [1.82, 2.24) is 0 Å². The Labute approximate surface area is 64.5 Å². The van der Waals surface area contributed by atoms with E-state index in [-0.39, 0.29) is 0 Å². The molecule has 0 aromatic heterocycles. The van der Waals surface area contributed by atoms with Crippen molar-refractivity contribution >= 4 is 17.6 Å². The summed E-state index contributed by atoms with van der Waals surface area (Å²) in [5.41, 5.74) is 0. The van der Waals surface area contributed by atoms with Gasteiger partial charge in [0, 0.05) is 5.03 Å². The molecule has 0 radical (unpaired) electrons. The lowest BCUT2D eigenvalue weighted by Crippen LogP contribution is -2.15. The van der Waals surface area contributed by atoms with Crippen molar-refractivity contribution in [3.63, 3.8) is 0 Å². The maximum atomic E-state index is 10.4. The first-order valence-corrected chi connectivity index (χ1v) is 3.68. The largest absolute Gasteiger partial charge is 0.481 e. The molecular weight excluding hydrogens is 152 g/mol. The molecule has 3 heteroatoms. The number of rotatable bonds is 1. The third-order valence-electron chi connectivity index (χ3n) is 1.67. The molecular formula is C7H9ClO2. The normalized spacial score (nSPS) is 25.7. The van der Waals surface area contributed by atoms with Crippen LogP contribution in [0.15, 0.2) is 11.1 Å². The minimum atomic E-state index is -0.805. The molecule has 10 heavy (non-hydrogen) atoms. The van der Waals surface area contributed by atoms with E-state index in [9.17, 15) is 4.79 Å². The number of carboxylic acids is 1. The average molecular weight is 161 g/mol. The Kier molecular flexibility index (Phi) is 2.33. The Hall–Kier alpha value is -0.500. The molecule has 1 aliphatic rings. The Bertz CT molecular complexity index is 174. The van der Waals surface area contributed by atoms with Crippen LogP contribution in [-0.4, -0.2) is 11.1 Å². The summed E-state index contributed by atoms with van der Waals surface area (Å²) in [6, 6.07) is 0. The molecule has 56 valence electrons. The van der Waals surface area contributed by atoms with E-state index in [2.05, 4.69) is 0 Å². The number of carboxylic acid groups (broad SMARTS) is 1. The van der Waals surface area contributed by atoms with Crippen LogP contribution >= 0.6 is 11.6 Å². The van der Waals surface area contributed by atoms with Gasteiger partial charge in [0.05, 0.1) is 5.92 Å². The monoisotopic (exact) mass is 160 g/mol. The van der Waals surface area contributed by atoms with Gasteiger partial charge in [0.25, 0.3) is 0 Å². The van der Waals surface area contributed by atoms with Gasteiger partial charge in [0.2, 0.25) is 0 Å². The second-order valence-corrected chi connectivity index (χ2v) is 2.85. The summed E-state index contributed by atoms with van der Waals surface area (Å²) in [6.07, 6.45) is 4.34. The second kappa shape index (κ2) is 3.06. The smallest absolute Gasteiger partial charge is 0.311 e. The van der Waals surface area contributed by atoms with Crippen LogP contribution in [0.25, 0.3) is 0 Å². The molecule has 0 bridgehead atoms. The van der Waals surface area contributed by atoms with Gasteiger partial charge in [-0.05, 0) is 19.3 Å². The molecule has 0 amide bonds. The van der Waals surface area contributed by atoms with Gasteiger partial charge < -0.3 is 5.11 Å². The first kappa shape index (κ1) is 7.61. The summed E-state index contributed by atoms with van der Waals surface area (Å²) in [5.74, 6) is -1.24. The summed E-state index contributed by atoms with van der Waals surface area (Å²) >= 11 is 5.66. The van der Waals surface area contributed by atoms with Crippen LogP contribution in [0.1, 0.15) is 19.3 Å². The molecule has 1 unspecified atom stereocenters. The van der Waals surface area contributed by atoms with Gasteiger partial charge in [-0.1, -0.05) is 17.7 Å². The van der Waals surface area contributed by atoms with E-state index < -0.39 is 11.9 Å². The van der Waals surface area contributed by atoms with Crippen LogP contribution in [0.4, 0.5) is 0 Å². The van der Waals surface area contributed by atoms with Gasteiger partial charge in [0.15, 0.2) is 0 Å². The highest BCUT2D eigenvalue weighted by molar-refractivity contribution is 6.31. The zero-order chi connectivity index (χ0) is 7.56. The van der Waals surface area contributed by atoms with Crippen LogP contribution in [0, 0.1) is 5.92 Å². The van der Waals surface area contributed by atoms with E-state index >= 15 is 0 Å². The quantitative estimate of drug-likeness (QED) is 0.637. The molecule has 0 heterocycles. The Balaban J connectivity index is 2.67. The maximum absolute atomic E-state index is 10.4. The third-order valence-corrected chi connectivity index (χ3v) is 2.08. The van der Waals surface area contributed by atoms with Gasteiger partial charge in [-0.25, -0.2) is 0 Å². The lowest BCUT2D eigenvalue weighted by Gasteiger charge is -2.14. The molecule has 0 fully saturated rings. The van der Waals surface area contributed by atoms with Crippen LogP contribution in [0.5, 0.6) is 0 Å². The number of carbonyl (C=O) groups is 1. The van der Waals surface area contributed by atoms with Gasteiger partial charge in [-0.15, -0.1) is 0 Å². The number of allylic oxidation sites excluding steroid dienone is 1. The van der Waals surface area contributed by atoms with Crippen LogP contribution in [0.3, 0.4) is 0 Å². The molecule has 0 saturated carbocycles. The molecule has 0 aromatic rings. The van der Waals surface area contributed by atoms with Crippen molar-refractivity contribution in [3.05, 3.63) is 11.1 Å². The predicted molar refractivity (Wildman–Crippen MR) is 38.9 cm³/mol. The molecule has 2 nitrogen and oxygen atoms in total. The van der Waals surface area contributed by atoms with Crippen LogP contribution in [-0.2, 0) is 4.79 Å². The van der Waals surface area contributed by atoms with Crippen molar-refractivity contribution in [2.45, 2.75) is 19.3 Å². The fourth-order valence-corrected chi connectivity index (χ4v) is 1.40. The molecule has 0 saturated heterocycles. The van der Waals surface area contributed by atoms with E-state index in [1.165, 1.54) is 0 Å². The molecule has 1 aliphatic carbocycles. The summed E-state index contributed by atoms with van der Waals surface area (Å²) < 4.78 is 0.